The Hall–Kier alpha value is -1.89. The van der Waals surface area contributed by atoms with Gasteiger partial charge in [0.15, 0.2) is 0 Å². The van der Waals surface area contributed by atoms with Crippen LogP contribution >= 0.6 is 39.1 Å². The van der Waals surface area contributed by atoms with Gasteiger partial charge in [0.2, 0.25) is 0 Å². The minimum absolute atomic E-state index is 0.220. The SMILES string of the molecule is CC(C)(C)C(=O)Oc1ccc(Br)cc1/C=N/NC(=O)c1ccc(Cl)cc1Cl. The Morgan fingerprint density at radius 2 is 1.85 bits per heavy atom. The van der Waals surface area contributed by atoms with Crippen LogP contribution in [0.2, 0.25) is 10.0 Å². The van der Waals surface area contributed by atoms with Gasteiger partial charge < -0.3 is 4.74 Å². The normalized spacial score (nSPS) is 11.5. The zero-order chi connectivity index (χ0) is 20.2. The molecule has 142 valence electrons. The largest absolute Gasteiger partial charge is 0.425 e. The quantitative estimate of drug-likeness (QED) is 0.278. The van der Waals surface area contributed by atoms with Crippen LogP contribution in [0.4, 0.5) is 0 Å². The summed E-state index contributed by atoms with van der Waals surface area (Å²) in [7, 11) is 0. The highest BCUT2D eigenvalue weighted by atomic mass is 79.9. The van der Waals surface area contributed by atoms with Gasteiger partial charge in [-0.15, -0.1) is 0 Å². The van der Waals surface area contributed by atoms with Gasteiger partial charge >= 0.3 is 5.97 Å². The van der Waals surface area contributed by atoms with Crippen LogP contribution in [0, 0.1) is 5.41 Å². The number of amides is 1. The number of nitrogens with one attached hydrogen (secondary N) is 1. The van der Waals surface area contributed by atoms with Crippen molar-refractivity contribution in [2.45, 2.75) is 20.8 Å². The molecule has 0 radical (unpaired) electrons. The van der Waals surface area contributed by atoms with Crippen molar-refractivity contribution >= 4 is 57.2 Å². The van der Waals surface area contributed by atoms with Crippen LogP contribution in [0.1, 0.15) is 36.7 Å². The molecule has 2 aromatic carbocycles. The average Bonchev–Trinajstić information content (AvgIpc) is 2.56. The van der Waals surface area contributed by atoms with Crippen LogP contribution < -0.4 is 10.2 Å². The van der Waals surface area contributed by atoms with E-state index in [0.29, 0.717) is 16.3 Å². The fraction of sp³-hybridized carbons (Fsp3) is 0.211. The molecule has 8 heteroatoms. The summed E-state index contributed by atoms with van der Waals surface area (Å²) >= 11 is 15.2. The van der Waals surface area contributed by atoms with E-state index in [1.807, 2.05) is 0 Å². The van der Waals surface area contributed by atoms with Crippen molar-refractivity contribution in [2.24, 2.45) is 10.5 Å². The molecule has 0 saturated carbocycles. The Morgan fingerprint density at radius 1 is 1.15 bits per heavy atom. The number of carbonyl (C=O) groups is 2. The van der Waals surface area contributed by atoms with Gasteiger partial charge in [-0.1, -0.05) is 39.1 Å². The van der Waals surface area contributed by atoms with Crippen LogP contribution in [-0.2, 0) is 4.79 Å². The topological polar surface area (TPSA) is 67.8 Å². The molecule has 2 aromatic rings. The summed E-state index contributed by atoms with van der Waals surface area (Å²) in [5, 5.41) is 4.57. The molecule has 5 nitrogen and oxygen atoms in total. The smallest absolute Gasteiger partial charge is 0.316 e. The summed E-state index contributed by atoms with van der Waals surface area (Å²) in [5.74, 6) is -0.534. The minimum atomic E-state index is -0.652. The van der Waals surface area contributed by atoms with Crippen molar-refractivity contribution in [1.82, 2.24) is 5.43 Å². The molecule has 0 aliphatic rings. The number of hydrogen-bond donors (Lipinski definition) is 1. The van der Waals surface area contributed by atoms with Crippen molar-refractivity contribution < 1.29 is 14.3 Å². The van der Waals surface area contributed by atoms with E-state index in [2.05, 4.69) is 26.5 Å². The highest BCUT2D eigenvalue weighted by Crippen LogP contribution is 2.25. The van der Waals surface area contributed by atoms with Crippen LogP contribution in [0.3, 0.4) is 0 Å². The lowest BCUT2D eigenvalue weighted by atomic mass is 9.97. The molecular weight excluding hydrogens is 455 g/mol. The maximum atomic E-state index is 12.2. The molecule has 1 amide bonds. The first kappa shape index (κ1) is 21.4. The Morgan fingerprint density at radius 3 is 2.48 bits per heavy atom. The molecule has 1 N–H and O–H groups in total. The molecule has 0 spiro atoms. The number of rotatable bonds is 4. The van der Waals surface area contributed by atoms with Crippen molar-refractivity contribution in [3.05, 3.63) is 62.0 Å². The van der Waals surface area contributed by atoms with Gasteiger partial charge in [0.05, 0.1) is 22.2 Å². The van der Waals surface area contributed by atoms with Crippen LogP contribution in [0.15, 0.2) is 46.0 Å². The number of benzene rings is 2. The number of hydrazone groups is 1. The molecule has 0 saturated heterocycles. The zero-order valence-electron chi connectivity index (χ0n) is 14.8. The summed E-state index contributed by atoms with van der Waals surface area (Å²) in [5.41, 5.74) is 2.49. The van der Waals surface area contributed by atoms with Crippen LogP contribution in [0.5, 0.6) is 5.75 Å². The van der Waals surface area contributed by atoms with Gasteiger partial charge in [-0.2, -0.15) is 5.10 Å². The highest BCUT2D eigenvalue weighted by molar-refractivity contribution is 9.10. The number of hydrogen-bond acceptors (Lipinski definition) is 4. The third kappa shape index (κ3) is 6.06. The third-order valence-electron chi connectivity index (χ3n) is 3.33. The summed E-state index contributed by atoms with van der Waals surface area (Å²) in [6.07, 6.45) is 1.39. The maximum absolute atomic E-state index is 12.2. The van der Waals surface area contributed by atoms with Crippen molar-refractivity contribution in [3.8, 4) is 5.75 Å². The molecule has 2 rings (SSSR count). The molecule has 0 heterocycles. The van der Waals surface area contributed by atoms with E-state index in [1.165, 1.54) is 18.3 Å². The molecule has 0 fully saturated rings. The molecule has 0 unspecified atom stereocenters. The lowest BCUT2D eigenvalue weighted by molar-refractivity contribution is -0.143. The highest BCUT2D eigenvalue weighted by Gasteiger charge is 2.24. The third-order valence-corrected chi connectivity index (χ3v) is 4.37. The fourth-order valence-electron chi connectivity index (χ4n) is 1.86. The molecule has 0 atom stereocenters. The van der Waals surface area contributed by atoms with E-state index in [4.69, 9.17) is 27.9 Å². The average molecular weight is 472 g/mol. The van der Waals surface area contributed by atoms with Gasteiger partial charge in [0.1, 0.15) is 5.75 Å². The summed E-state index contributed by atoms with van der Waals surface area (Å²) in [6, 6.07) is 9.65. The monoisotopic (exact) mass is 470 g/mol. The van der Waals surface area contributed by atoms with Gasteiger partial charge in [-0.3, -0.25) is 9.59 Å². The van der Waals surface area contributed by atoms with Crippen molar-refractivity contribution in [2.75, 3.05) is 0 Å². The zero-order valence-corrected chi connectivity index (χ0v) is 17.9. The molecular formula is C19H17BrCl2N2O3. The summed E-state index contributed by atoms with van der Waals surface area (Å²) < 4.78 is 6.21. The molecule has 0 bridgehead atoms. The van der Waals surface area contributed by atoms with Gasteiger partial charge in [-0.25, -0.2) is 5.43 Å². The predicted octanol–water partition coefficient (Wildman–Crippen LogP) is 5.47. The second kappa shape index (κ2) is 8.87. The van der Waals surface area contributed by atoms with Crippen molar-refractivity contribution in [1.29, 1.82) is 0 Å². The summed E-state index contributed by atoms with van der Waals surface area (Å²) in [4.78, 5) is 24.3. The molecule has 0 aliphatic heterocycles. The van der Waals surface area contributed by atoms with E-state index in [1.54, 1.807) is 45.0 Å². The number of nitrogens with zero attached hydrogens (tertiary/aromatic N) is 1. The molecule has 0 aliphatic carbocycles. The van der Waals surface area contributed by atoms with Gasteiger partial charge in [0, 0.05) is 15.1 Å². The lowest BCUT2D eigenvalue weighted by Crippen LogP contribution is -2.26. The standard InChI is InChI=1S/C19H17BrCl2N2O3/c1-19(2,3)18(26)27-16-7-4-12(20)8-11(16)10-23-24-17(25)14-6-5-13(21)9-15(14)22/h4-10H,1-3H3,(H,24,25)/b23-10+. The number of carbonyl (C=O) groups excluding carboxylic acids is 2. The van der Waals surface area contributed by atoms with Crippen LogP contribution in [0.25, 0.3) is 0 Å². The van der Waals surface area contributed by atoms with Gasteiger partial charge in [0.25, 0.3) is 5.91 Å². The Labute approximate surface area is 175 Å². The minimum Gasteiger partial charge on any atom is -0.425 e. The number of halogens is 3. The van der Waals surface area contributed by atoms with Gasteiger partial charge in [-0.05, 0) is 57.2 Å². The fourth-order valence-corrected chi connectivity index (χ4v) is 2.73. The first-order valence-corrected chi connectivity index (χ1v) is 9.43. The van der Waals surface area contributed by atoms with Crippen molar-refractivity contribution in [3.63, 3.8) is 0 Å². The van der Waals surface area contributed by atoms with E-state index < -0.39 is 11.3 Å². The number of esters is 1. The Balaban J connectivity index is 2.17. The molecule has 27 heavy (non-hydrogen) atoms. The second-order valence-corrected chi connectivity index (χ2v) is 8.40. The second-order valence-electron chi connectivity index (χ2n) is 6.64. The maximum Gasteiger partial charge on any atom is 0.316 e. The number of ether oxygens (including phenoxy) is 1. The molecule has 0 aromatic heterocycles. The predicted molar refractivity (Wildman–Crippen MR) is 111 cm³/mol. The van der Waals surface area contributed by atoms with Crippen LogP contribution in [-0.4, -0.2) is 18.1 Å². The first-order chi connectivity index (χ1) is 12.6. The van der Waals surface area contributed by atoms with E-state index in [0.717, 1.165) is 4.47 Å². The Bertz CT molecular complexity index is 908. The lowest BCUT2D eigenvalue weighted by Gasteiger charge is -2.17. The first-order valence-electron chi connectivity index (χ1n) is 7.88. The van der Waals surface area contributed by atoms with E-state index in [-0.39, 0.29) is 16.6 Å². The Kier molecular flexibility index (Phi) is 7.03. The van der Waals surface area contributed by atoms with E-state index in [9.17, 15) is 9.59 Å². The van der Waals surface area contributed by atoms with E-state index >= 15 is 0 Å². The summed E-state index contributed by atoms with van der Waals surface area (Å²) in [6.45, 7) is 5.29.